The third-order valence-corrected chi connectivity index (χ3v) is 2.30. The highest BCUT2D eigenvalue weighted by Crippen LogP contribution is 2.00. The summed E-state index contributed by atoms with van der Waals surface area (Å²) in [7, 11) is 0. The maximum atomic E-state index is 11.3. The number of nitrogens with one attached hydrogen (secondary N) is 3. The van der Waals surface area contributed by atoms with E-state index in [0.717, 1.165) is 0 Å². The first-order chi connectivity index (χ1) is 8.02. The van der Waals surface area contributed by atoms with Gasteiger partial charge in [-0.15, -0.1) is 0 Å². The van der Waals surface area contributed by atoms with E-state index in [-0.39, 0.29) is 25.3 Å². The van der Waals surface area contributed by atoms with Crippen molar-refractivity contribution >= 4 is 24.1 Å². The molecule has 0 unspecified atom stereocenters. The molecule has 6 N–H and O–H groups in total. The molecule has 17 heavy (non-hydrogen) atoms. The number of amides is 1. The Bertz CT molecular complexity index is 453. The number of imidazole rings is 1. The van der Waals surface area contributed by atoms with Crippen molar-refractivity contribution in [2.45, 2.75) is 18.9 Å². The van der Waals surface area contributed by atoms with Crippen molar-refractivity contribution < 1.29 is 14.7 Å². The van der Waals surface area contributed by atoms with Gasteiger partial charge in [-0.25, -0.2) is 4.79 Å². The van der Waals surface area contributed by atoms with E-state index in [4.69, 9.17) is 23.1 Å². The van der Waals surface area contributed by atoms with Crippen LogP contribution >= 0.6 is 12.2 Å². The minimum atomic E-state index is -1.10. The smallest absolute Gasteiger partial charge is 0.326 e. The molecule has 94 valence electrons. The standard InChI is InChI=1S/C9H14N4O3S/c10-2-1-7(14)13-6(8(15)16)3-5-4-11-9(17)12-5/h4,6H,1-3,10H2,(H,13,14)(H,15,16)(H2,11,12,17)/t6-/m0/s1. The SMILES string of the molecule is NCCC(=O)N[C@@H](Cc1c[nH]c(=S)[nH]1)C(=O)O. The highest BCUT2D eigenvalue weighted by Gasteiger charge is 2.20. The third-order valence-electron chi connectivity index (χ3n) is 2.08. The van der Waals surface area contributed by atoms with E-state index >= 15 is 0 Å². The molecule has 0 aliphatic rings. The minimum Gasteiger partial charge on any atom is -0.480 e. The Morgan fingerprint density at radius 2 is 2.29 bits per heavy atom. The number of carbonyl (C=O) groups excluding carboxylic acids is 1. The molecule has 0 spiro atoms. The van der Waals surface area contributed by atoms with Gasteiger partial charge < -0.3 is 26.1 Å². The molecule has 0 saturated heterocycles. The van der Waals surface area contributed by atoms with Gasteiger partial charge in [0.25, 0.3) is 0 Å². The quantitative estimate of drug-likeness (QED) is 0.441. The minimum absolute atomic E-state index is 0.104. The van der Waals surface area contributed by atoms with E-state index in [1.165, 1.54) is 0 Å². The van der Waals surface area contributed by atoms with E-state index < -0.39 is 12.0 Å². The average molecular weight is 258 g/mol. The monoisotopic (exact) mass is 258 g/mol. The van der Waals surface area contributed by atoms with E-state index in [9.17, 15) is 9.59 Å². The maximum Gasteiger partial charge on any atom is 0.326 e. The van der Waals surface area contributed by atoms with E-state index in [1.807, 2.05) is 0 Å². The van der Waals surface area contributed by atoms with Crippen LogP contribution in [0.2, 0.25) is 0 Å². The number of rotatable bonds is 6. The molecule has 1 rings (SSSR count). The molecule has 8 heteroatoms. The average Bonchev–Trinajstić information content (AvgIpc) is 2.63. The Morgan fingerprint density at radius 1 is 1.59 bits per heavy atom. The molecule has 1 aromatic heterocycles. The number of H-pyrrole nitrogens is 2. The molecule has 0 aliphatic heterocycles. The van der Waals surface area contributed by atoms with Crippen molar-refractivity contribution in [3.63, 3.8) is 0 Å². The van der Waals surface area contributed by atoms with Crippen LogP contribution in [0.4, 0.5) is 0 Å². The first-order valence-electron chi connectivity index (χ1n) is 5.01. The predicted octanol–water partition coefficient (Wildman–Crippen LogP) is -0.467. The zero-order valence-electron chi connectivity index (χ0n) is 9.03. The largest absolute Gasteiger partial charge is 0.480 e. The van der Waals surface area contributed by atoms with Gasteiger partial charge in [-0.1, -0.05) is 0 Å². The first-order valence-corrected chi connectivity index (χ1v) is 5.42. The zero-order valence-corrected chi connectivity index (χ0v) is 9.84. The van der Waals surface area contributed by atoms with Gasteiger partial charge in [0.1, 0.15) is 6.04 Å². The fraction of sp³-hybridized carbons (Fsp3) is 0.444. The first kappa shape index (κ1) is 13.4. The number of nitrogens with two attached hydrogens (primary N) is 1. The molecule has 1 atom stereocenters. The summed E-state index contributed by atoms with van der Waals surface area (Å²) in [4.78, 5) is 27.7. The summed E-state index contributed by atoms with van der Waals surface area (Å²) in [6.45, 7) is 0.185. The summed E-state index contributed by atoms with van der Waals surface area (Å²) in [5, 5.41) is 11.4. The molecule has 1 aromatic rings. The second-order valence-corrected chi connectivity index (χ2v) is 3.88. The predicted molar refractivity (Wildman–Crippen MR) is 62.9 cm³/mol. The van der Waals surface area contributed by atoms with Gasteiger partial charge in [0.15, 0.2) is 4.77 Å². The lowest BCUT2D eigenvalue weighted by atomic mass is 10.1. The Morgan fingerprint density at radius 3 is 2.76 bits per heavy atom. The maximum absolute atomic E-state index is 11.3. The molecule has 0 bridgehead atoms. The lowest BCUT2D eigenvalue weighted by Crippen LogP contribution is -2.42. The van der Waals surface area contributed by atoms with Crippen LogP contribution in [0.1, 0.15) is 12.1 Å². The van der Waals surface area contributed by atoms with E-state index in [2.05, 4.69) is 15.3 Å². The summed E-state index contributed by atoms with van der Waals surface area (Å²) >= 11 is 4.82. The highest BCUT2D eigenvalue weighted by molar-refractivity contribution is 7.71. The topological polar surface area (TPSA) is 124 Å². The fourth-order valence-corrected chi connectivity index (χ4v) is 1.49. The summed E-state index contributed by atoms with van der Waals surface area (Å²) < 4.78 is 0.414. The Labute approximate surface area is 102 Å². The number of carboxylic acids is 1. The molecule has 0 aliphatic carbocycles. The third kappa shape index (κ3) is 4.37. The second kappa shape index (κ2) is 6.16. The Hall–Kier alpha value is -1.67. The van der Waals surface area contributed by atoms with Crippen LogP contribution in [-0.4, -0.2) is 39.5 Å². The lowest BCUT2D eigenvalue weighted by molar-refractivity contribution is -0.141. The molecule has 0 aromatic carbocycles. The van der Waals surface area contributed by atoms with Crippen LogP contribution < -0.4 is 11.1 Å². The molecule has 0 radical (unpaired) electrons. The van der Waals surface area contributed by atoms with Gasteiger partial charge in [-0.2, -0.15) is 0 Å². The van der Waals surface area contributed by atoms with Crippen LogP contribution in [0.3, 0.4) is 0 Å². The summed E-state index contributed by atoms with van der Waals surface area (Å²) in [6.07, 6.45) is 1.82. The van der Waals surface area contributed by atoms with Crippen LogP contribution in [-0.2, 0) is 16.0 Å². The zero-order chi connectivity index (χ0) is 12.8. The lowest BCUT2D eigenvalue weighted by Gasteiger charge is -2.13. The van der Waals surface area contributed by atoms with Gasteiger partial charge >= 0.3 is 5.97 Å². The van der Waals surface area contributed by atoms with Crippen LogP contribution in [0.5, 0.6) is 0 Å². The molecular formula is C9H14N4O3S. The molecular weight excluding hydrogens is 244 g/mol. The Kier molecular flexibility index (Phi) is 4.85. The molecule has 1 amide bonds. The molecule has 0 saturated carbocycles. The second-order valence-electron chi connectivity index (χ2n) is 3.47. The van der Waals surface area contributed by atoms with Crippen LogP contribution in [0.15, 0.2) is 6.20 Å². The number of aromatic nitrogens is 2. The van der Waals surface area contributed by atoms with Gasteiger partial charge in [-0.05, 0) is 12.2 Å². The highest BCUT2D eigenvalue weighted by atomic mass is 32.1. The van der Waals surface area contributed by atoms with Crippen molar-refractivity contribution in [3.8, 4) is 0 Å². The Balaban J connectivity index is 2.63. The molecule has 7 nitrogen and oxygen atoms in total. The summed E-state index contributed by atoms with van der Waals surface area (Å²) in [5.41, 5.74) is 5.82. The number of aromatic amines is 2. The number of hydrogen-bond acceptors (Lipinski definition) is 4. The van der Waals surface area contributed by atoms with Crippen LogP contribution in [0.25, 0.3) is 0 Å². The molecule has 1 heterocycles. The van der Waals surface area contributed by atoms with Gasteiger partial charge in [0.2, 0.25) is 5.91 Å². The van der Waals surface area contributed by atoms with Gasteiger partial charge in [-0.3, -0.25) is 4.79 Å². The number of carbonyl (C=O) groups is 2. The van der Waals surface area contributed by atoms with Crippen molar-refractivity contribution in [1.82, 2.24) is 15.3 Å². The van der Waals surface area contributed by atoms with Gasteiger partial charge in [0, 0.05) is 31.3 Å². The van der Waals surface area contributed by atoms with Crippen molar-refractivity contribution in [1.29, 1.82) is 0 Å². The van der Waals surface area contributed by atoms with E-state index in [0.29, 0.717) is 10.5 Å². The van der Waals surface area contributed by atoms with Crippen LogP contribution in [0, 0.1) is 4.77 Å². The number of carboxylic acid groups (broad SMARTS) is 1. The number of aliphatic carboxylic acids is 1. The van der Waals surface area contributed by atoms with Crippen molar-refractivity contribution in [2.24, 2.45) is 5.73 Å². The summed E-state index contributed by atoms with van der Waals surface area (Å²) in [5.74, 6) is -1.48. The fourth-order valence-electron chi connectivity index (χ4n) is 1.30. The molecule has 0 fully saturated rings. The normalized spacial score (nSPS) is 12.1. The number of hydrogen-bond donors (Lipinski definition) is 5. The summed E-state index contributed by atoms with van der Waals surface area (Å²) in [6, 6.07) is -0.990. The van der Waals surface area contributed by atoms with Gasteiger partial charge in [0.05, 0.1) is 0 Å². The van der Waals surface area contributed by atoms with Crippen molar-refractivity contribution in [3.05, 3.63) is 16.7 Å². The van der Waals surface area contributed by atoms with Crippen molar-refractivity contribution in [2.75, 3.05) is 6.54 Å². The van der Waals surface area contributed by atoms with E-state index in [1.54, 1.807) is 6.20 Å².